The summed E-state index contributed by atoms with van der Waals surface area (Å²) in [5.74, 6) is -0.749. The molecule has 0 aromatic heterocycles. The predicted molar refractivity (Wildman–Crippen MR) is 196 cm³/mol. The number of carboxylic acid groups (broad SMARTS) is 2. The van der Waals surface area contributed by atoms with Gasteiger partial charge in [-0.05, 0) is 54.7 Å². The van der Waals surface area contributed by atoms with Crippen molar-refractivity contribution in [2.75, 3.05) is 0 Å². The number of hydrogen-bond donors (Lipinski definition) is 4. The Balaban J connectivity index is 0.000000675. The van der Waals surface area contributed by atoms with Crippen LogP contribution in [0.2, 0.25) is 0 Å². The minimum absolute atomic E-state index is 0.282. The Labute approximate surface area is 287 Å². The van der Waals surface area contributed by atoms with Crippen molar-refractivity contribution in [3.05, 3.63) is 59.7 Å². The second-order valence-corrected chi connectivity index (χ2v) is 12.9. The third kappa shape index (κ3) is 32.7. The highest BCUT2D eigenvalue weighted by molar-refractivity contribution is 5.66. The van der Waals surface area contributed by atoms with Crippen LogP contribution in [0.3, 0.4) is 0 Å². The van der Waals surface area contributed by atoms with Gasteiger partial charge in [0.15, 0.2) is 0 Å². The molecule has 0 aliphatic carbocycles. The van der Waals surface area contributed by atoms with Gasteiger partial charge in [0.2, 0.25) is 0 Å². The van der Waals surface area contributed by atoms with Crippen LogP contribution in [0.4, 0.5) is 0 Å². The first-order valence-electron chi connectivity index (χ1n) is 18.8. The van der Waals surface area contributed by atoms with Crippen molar-refractivity contribution in [1.82, 2.24) is 0 Å². The molecule has 2 aromatic rings. The van der Waals surface area contributed by atoms with E-state index in [1.54, 1.807) is 24.3 Å². The molecule has 6 nitrogen and oxygen atoms in total. The second kappa shape index (κ2) is 32.9. The van der Waals surface area contributed by atoms with Crippen molar-refractivity contribution < 1.29 is 30.0 Å². The van der Waals surface area contributed by atoms with E-state index >= 15 is 0 Å². The largest absolute Gasteiger partial charge is 0.508 e. The molecule has 2 aromatic carbocycles. The Bertz CT molecular complexity index is 891. The molecule has 0 unspecified atom stereocenters. The third-order valence-corrected chi connectivity index (χ3v) is 8.27. The Kier molecular flexibility index (Phi) is 30.8. The maximum atomic E-state index is 10.3. The number of benzene rings is 2. The summed E-state index contributed by atoms with van der Waals surface area (Å²) < 4.78 is 0. The number of aromatic hydroxyl groups is 2. The van der Waals surface area contributed by atoms with Gasteiger partial charge in [-0.3, -0.25) is 9.59 Å². The van der Waals surface area contributed by atoms with Gasteiger partial charge in [-0.25, -0.2) is 0 Å². The average molecular weight is 657 g/mol. The minimum Gasteiger partial charge on any atom is -0.508 e. The van der Waals surface area contributed by atoms with E-state index in [4.69, 9.17) is 20.4 Å². The smallest absolute Gasteiger partial charge is 0.303 e. The van der Waals surface area contributed by atoms with Crippen molar-refractivity contribution in [2.45, 2.75) is 174 Å². The number of phenolic OH excluding ortho intramolecular Hbond substituents is 2. The first kappa shape index (κ1) is 44.0. The summed E-state index contributed by atoms with van der Waals surface area (Å²) in [6, 6.07) is 14.3. The van der Waals surface area contributed by atoms with Crippen LogP contribution in [0.5, 0.6) is 11.5 Å². The van der Waals surface area contributed by atoms with Crippen LogP contribution in [0.15, 0.2) is 48.5 Å². The molecule has 0 heterocycles. The average Bonchev–Trinajstić information content (AvgIpc) is 3.05. The fourth-order valence-corrected chi connectivity index (χ4v) is 5.34. The zero-order chi connectivity index (χ0) is 34.8. The zero-order valence-corrected chi connectivity index (χ0v) is 29.9. The standard InChI is InChI=1S/2C14H28O2.C13H12O2/c2*1-2-3-4-5-6-7-8-9-10-11-12-13-14(15)16;14-12-5-1-10(2-6-12)9-11-3-7-13(15)8-4-11/h2*2-13H2,1H3,(H,15,16);1-8,14-15H,9H2. The number of hydrogen-bond acceptors (Lipinski definition) is 4. The molecule has 0 aliphatic heterocycles. The van der Waals surface area contributed by atoms with E-state index in [1.807, 2.05) is 24.3 Å². The topological polar surface area (TPSA) is 115 Å². The van der Waals surface area contributed by atoms with Crippen molar-refractivity contribution >= 4 is 11.9 Å². The van der Waals surface area contributed by atoms with Gasteiger partial charge in [-0.2, -0.15) is 0 Å². The van der Waals surface area contributed by atoms with Gasteiger partial charge < -0.3 is 20.4 Å². The maximum Gasteiger partial charge on any atom is 0.303 e. The number of unbranched alkanes of at least 4 members (excludes halogenated alkanes) is 20. The molecule has 6 heteroatoms. The van der Waals surface area contributed by atoms with Gasteiger partial charge in [0.1, 0.15) is 11.5 Å². The molecule has 0 radical (unpaired) electrons. The van der Waals surface area contributed by atoms with Gasteiger partial charge in [0.05, 0.1) is 0 Å². The van der Waals surface area contributed by atoms with Gasteiger partial charge in [-0.1, -0.05) is 167 Å². The van der Waals surface area contributed by atoms with Gasteiger partial charge in [0, 0.05) is 12.8 Å². The van der Waals surface area contributed by atoms with Crippen LogP contribution in [-0.2, 0) is 16.0 Å². The molecule has 0 saturated carbocycles. The Morgan fingerprint density at radius 2 is 0.638 bits per heavy atom. The van der Waals surface area contributed by atoms with Crippen LogP contribution in [0.1, 0.15) is 179 Å². The lowest BCUT2D eigenvalue weighted by Gasteiger charge is -2.02. The summed E-state index contributed by atoms with van der Waals surface area (Å²) in [4.78, 5) is 20.5. The first-order chi connectivity index (χ1) is 22.8. The summed E-state index contributed by atoms with van der Waals surface area (Å²) in [6.07, 6.45) is 29.5. The molecule has 0 aliphatic rings. The predicted octanol–water partition coefficient (Wildman–Crippen LogP) is 12.2. The Morgan fingerprint density at radius 1 is 0.404 bits per heavy atom. The molecule has 0 saturated heterocycles. The molecule has 2 rings (SSSR count). The summed E-state index contributed by atoms with van der Waals surface area (Å²) in [5, 5.41) is 35.2. The van der Waals surface area contributed by atoms with E-state index in [9.17, 15) is 9.59 Å². The summed E-state index contributed by atoms with van der Waals surface area (Å²) in [6.45, 7) is 4.49. The van der Waals surface area contributed by atoms with E-state index in [-0.39, 0.29) is 11.5 Å². The van der Waals surface area contributed by atoms with Gasteiger partial charge in [0.25, 0.3) is 0 Å². The number of carbonyl (C=O) groups is 2. The fraction of sp³-hybridized carbons (Fsp3) is 0.659. The summed E-state index contributed by atoms with van der Waals surface area (Å²) in [7, 11) is 0. The van der Waals surface area contributed by atoms with Crippen molar-refractivity contribution in [2.24, 2.45) is 0 Å². The second-order valence-electron chi connectivity index (χ2n) is 12.9. The van der Waals surface area contributed by atoms with E-state index in [1.165, 1.54) is 116 Å². The SMILES string of the molecule is CCCCCCCCCCCCCC(=O)O.CCCCCCCCCCCCCC(=O)O.Oc1ccc(Cc2ccc(O)cc2)cc1. The van der Waals surface area contributed by atoms with E-state index in [0.717, 1.165) is 43.2 Å². The number of phenols is 2. The lowest BCUT2D eigenvalue weighted by molar-refractivity contribution is -0.138. The summed E-state index contributed by atoms with van der Waals surface area (Å²) >= 11 is 0. The Hall–Kier alpha value is -3.02. The monoisotopic (exact) mass is 657 g/mol. The van der Waals surface area contributed by atoms with Crippen LogP contribution < -0.4 is 0 Å². The molecular formula is C41H68O6. The van der Waals surface area contributed by atoms with Crippen LogP contribution in [-0.4, -0.2) is 32.4 Å². The third-order valence-electron chi connectivity index (χ3n) is 8.27. The molecule has 47 heavy (non-hydrogen) atoms. The highest BCUT2D eigenvalue weighted by Gasteiger charge is 1.99. The van der Waals surface area contributed by atoms with Crippen LogP contribution >= 0.6 is 0 Å². The Morgan fingerprint density at radius 3 is 0.872 bits per heavy atom. The summed E-state index contributed by atoms with van der Waals surface area (Å²) in [5.41, 5.74) is 2.27. The molecule has 0 bridgehead atoms. The number of aliphatic carboxylic acids is 2. The first-order valence-corrected chi connectivity index (χ1v) is 18.8. The quantitative estimate of drug-likeness (QED) is 0.0749. The molecule has 268 valence electrons. The molecule has 4 N–H and O–H groups in total. The molecule has 0 fully saturated rings. The molecular weight excluding hydrogens is 588 g/mol. The lowest BCUT2D eigenvalue weighted by atomic mass is 10.1. The van der Waals surface area contributed by atoms with Gasteiger partial charge in [-0.15, -0.1) is 0 Å². The highest BCUT2D eigenvalue weighted by Crippen LogP contribution is 2.16. The van der Waals surface area contributed by atoms with Crippen LogP contribution in [0, 0.1) is 0 Å². The lowest BCUT2D eigenvalue weighted by Crippen LogP contribution is -1.93. The fourth-order valence-electron chi connectivity index (χ4n) is 5.34. The van der Waals surface area contributed by atoms with Crippen molar-refractivity contribution in [3.63, 3.8) is 0 Å². The van der Waals surface area contributed by atoms with E-state index in [2.05, 4.69) is 13.8 Å². The van der Waals surface area contributed by atoms with E-state index in [0.29, 0.717) is 12.8 Å². The number of rotatable bonds is 26. The maximum absolute atomic E-state index is 10.3. The zero-order valence-electron chi connectivity index (χ0n) is 29.9. The normalized spacial score (nSPS) is 10.4. The molecule has 0 spiro atoms. The van der Waals surface area contributed by atoms with Crippen LogP contribution in [0.25, 0.3) is 0 Å². The minimum atomic E-state index is -0.657. The van der Waals surface area contributed by atoms with E-state index < -0.39 is 11.9 Å². The van der Waals surface area contributed by atoms with Crippen molar-refractivity contribution in [3.8, 4) is 11.5 Å². The molecule has 0 atom stereocenters. The van der Waals surface area contributed by atoms with Gasteiger partial charge >= 0.3 is 11.9 Å². The molecule has 0 amide bonds. The number of carboxylic acids is 2. The van der Waals surface area contributed by atoms with Crippen molar-refractivity contribution in [1.29, 1.82) is 0 Å². The highest BCUT2D eigenvalue weighted by atomic mass is 16.4.